The van der Waals surface area contributed by atoms with E-state index in [1.807, 2.05) is 0 Å². The Morgan fingerprint density at radius 2 is 0.882 bits per heavy atom. The third-order valence-corrected chi connectivity index (χ3v) is 12.3. The molecule has 6 heteroatoms. The minimum atomic E-state index is -1.97. The fraction of sp³-hybridized carbons (Fsp3) is 0.321. The largest absolute Gasteiger partial charge is 4.00 e. The molecule has 0 heterocycles. The van der Waals surface area contributed by atoms with Gasteiger partial charge < -0.3 is 21.2 Å². The second kappa shape index (κ2) is 12.5. The van der Waals surface area contributed by atoms with Crippen LogP contribution in [0.3, 0.4) is 0 Å². The van der Waals surface area contributed by atoms with E-state index in [-0.39, 0.29) is 26.2 Å². The predicted molar refractivity (Wildman–Crippen MR) is 150 cm³/mol. The summed E-state index contributed by atoms with van der Waals surface area (Å²) in [6.45, 7) is 12.0. The topological polar surface area (TPSA) is 42.3 Å². The average molecular weight is 563 g/mol. The van der Waals surface area contributed by atoms with Crippen LogP contribution in [0, 0.1) is 5.92 Å². The van der Waals surface area contributed by atoms with Gasteiger partial charge in [-0.3, -0.25) is 0 Å². The van der Waals surface area contributed by atoms with E-state index in [9.17, 15) is 0 Å². The van der Waals surface area contributed by atoms with Crippen LogP contribution >= 0.6 is 0 Å². The van der Waals surface area contributed by atoms with Gasteiger partial charge in [0.1, 0.15) is 0 Å². The molecule has 0 radical (unpaired) electrons. The van der Waals surface area contributed by atoms with Crippen LogP contribution in [0.2, 0.25) is 26.2 Å². The SMILES string of the molecule is C[C-]1C([Si](C)(C)[N-]c2ccccc2)c2ccccc2C1[Si](C)(C)[N-]c1ccccc1.C[N-]C.[Zr+4]. The molecule has 176 valence electrons. The molecule has 0 aromatic heterocycles. The van der Waals surface area contributed by atoms with Gasteiger partial charge in [-0.15, -0.1) is 11.4 Å². The second-order valence-corrected chi connectivity index (χ2v) is 18.1. The molecule has 3 aromatic carbocycles. The number of fused-ring (bicyclic) bond motifs is 1. The molecule has 3 aromatic rings. The van der Waals surface area contributed by atoms with Crippen molar-refractivity contribution in [3.05, 3.63) is 117 Å². The normalized spacial score (nSPS) is 17.6. The Morgan fingerprint density at radius 1 is 0.588 bits per heavy atom. The van der Waals surface area contributed by atoms with Crippen LogP contribution in [0.4, 0.5) is 11.4 Å². The first-order valence-corrected chi connectivity index (χ1v) is 17.7. The molecule has 0 saturated carbocycles. The summed E-state index contributed by atoms with van der Waals surface area (Å²) in [5, 5.41) is 3.50. The van der Waals surface area contributed by atoms with Gasteiger partial charge in [-0.05, 0) is 0 Å². The molecular formula is C28H37N3Si2Zr. The van der Waals surface area contributed by atoms with Crippen LogP contribution < -0.4 is 0 Å². The van der Waals surface area contributed by atoms with Crippen molar-refractivity contribution in [3.63, 3.8) is 0 Å². The van der Waals surface area contributed by atoms with Gasteiger partial charge in [0.05, 0.1) is 0 Å². The van der Waals surface area contributed by atoms with Crippen molar-refractivity contribution < 1.29 is 26.2 Å². The molecule has 0 saturated heterocycles. The molecule has 0 spiro atoms. The Morgan fingerprint density at radius 3 is 1.21 bits per heavy atom. The third-order valence-electron chi connectivity index (χ3n) is 6.29. The Kier molecular flexibility index (Phi) is 10.6. The van der Waals surface area contributed by atoms with Gasteiger partial charge in [0.15, 0.2) is 0 Å². The molecule has 1 aliphatic rings. The van der Waals surface area contributed by atoms with Gasteiger partial charge in [0, 0.05) is 0 Å². The fourth-order valence-corrected chi connectivity index (χ4v) is 12.0. The van der Waals surface area contributed by atoms with E-state index in [1.54, 1.807) is 20.0 Å². The Labute approximate surface area is 228 Å². The third kappa shape index (κ3) is 6.60. The predicted octanol–water partition coefficient (Wildman–Crippen LogP) is 8.98. The maximum absolute atomic E-state index is 5.33. The van der Waals surface area contributed by atoms with Crippen molar-refractivity contribution >= 4 is 27.8 Å². The van der Waals surface area contributed by atoms with E-state index < -0.39 is 16.5 Å². The molecule has 4 rings (SSSR count). The molecular weight excluding hydrogens is 526 g/mol. The van der Waals surface area contributed by atoms with E-state index in [4.69, 9.17) is 9.96 Å². The molecule has 3 nitrogen and oxygen atoms in total. The molecule has 1 aliphatic carbocycles. The average Bonchev–Trinajstić information content (AvgIpc) is 3.08. The van der Waals surface area contributed by atoms with E-state index in [0.29, 0.717) is 11.1 Å². The smallest absolute Gasteiger partial charge is 0.688 e. The molecule has 0 aliphatic heterocycles. The zero-order chi connectivity index (χ0) is 24.1. The van der Waals surface area contributed by atoms with E-state index >= 15 is 0 Å². The van der Waals surface area contributed by atoms with Crippen molar-refractivity contribution in [2.75, 3.05) is 14.1 Å². The number of benzene rings is 3. The molecule has 0 amide bonds. The first kappa shape index (κ1) is 28.8. The molecule has 0 N–H and O–H groups in total. The summed E-state index contributed by atoms with van der Waals surface area (Å²) in [6.07, 6.45) is 0. The summed E-state index contributed by atoms with van der Waals surface area (Å²) in [7, 11) is -0.439. The van der Waals surface area contributed by atoms with Crippen molar-refractivity contribution in [1.82, 2.24) is 0 Å². The minimum Gasteiger partial charge on any atom is -0.688 e. The summed E-state index contributed by atoms with van der Waals surface area (Å²) >= 11 is 0. The van der Waals surface area contributed by atoms with Crippen LogP contribution in [0.25, 0.3) is 15.3 Å². The quantitative estimate of drug-likeness (QED) is 0.212. The van der Waals surface area contributed by atoms with Crippen molar-refractivity contribution in [1.29, 1.82) is 0 Å². The van der Waals surface area contributed by atoms with Crippen molar-refractivity contribution in [2.24, 2.45) is 0 Å². The van der Waals surface area contributed by atoms with Gasteiger partial charge in [-0.1, -0.05) is 139 Å². The maximum Gasteiger partial charge on any atom is 4.00 e. The maximum atomic E-state index is 5.33. The van der Waals surface area contributed by atoms with Crippen molar-refractivity contribution in [2.45, 2.75) is 44.2 Å². The first-order chi connectivity index (χ1) is 15.7. The zero-order valence-corrected chi connectivity index (χ0v) is 26.0. The van der Waals surface area contributed by atoms with Gasteiger partial charge in [0.2, 0.25) is 0 Å². The Balaban J connectivity index is 0.000000970. The van der Waals surface area contributed by atoms with Gasteiger partial charge in [0.25, 0.3) is 0 Å². The monoisotopic (exact) mass is 561 g/mol. The fourth-order valence-electron chi connectivity index (χ4n) is 5.37. The molecule has 2 unspecified atom stereocenters. The standard InChI is InChI=1S/C26H31N2Si2.C2H6N.Zr/c1-20-25(29(2,3)27-21-14-8-6-9-15-21)23-18-12-13-19-24(23)26(20)30(4,5)28-22-16-10-7-11-17-22;1-3-2;/h6-19,25-26H,1-5H3;1-2H3;/q-3;-1;+4. The summed E-state index contributed by atoms with van der Waals surface area (Å²) < 4.78 is 0. The van der Waals surface area contributed by atoms with Crippen LogP contribution in [-0.4, -0.2) is 30.6 Å². The van der Waals surface area contributed by atoms with Crippen molar-refractivity contribution in [3.8, 4) is 0 Å². The Bertz CT molecular complexity index is 932. The Hall–Kier alpha value is -1.46. The first-order valence-electron chi connectivity index (χ1n) is 11.7. The van der Waals surface area contributed by atoms with E-state index in [1.165, 1.54) is 11.1 Å². The molecule has 2 atom stereocenters. The van der Waals surface area contributed by atoms with Gasteiger partial charge in [-0.25, -0.2) is 0 Å². The summed E-state index contributed by atoms with van der Waals surface area (Å²) in [5.41, 5.74) is 6.04. The van der Waals surface area contributed by atoms with Crippen LogP contribution in [0.15, 0.2) is 84.9 Å². The van der Waals surface area contributed by atoms with Gasteiger partial charge >= 0.3 is 26.2 Å². The zero-order valence-electron chi connectivity index (χ0n) is 21.6. The minimum absolute atomic E-state index is 0. The molecule has 34 heavy (non-hydrogen) atoms. The molecule has 0 bridgehead atoms. The van der Waals surface area contributed by atoms with Crippen LogP contribution in [-0.2, 0) is 26.2 Å². The number of nitrogens with zero attached hydrogens (tertiary/aromatic N) is 3. The van der Waals surface area contributed by atoms with E-state index in [2.05, 4.69) is 123 Å². The summed E-state index contributed by atoms with van der Waals surface area (Å²) in [5.74, 6) is 1.57. The summed E-state index contributed by atoms with van der Waals surface area (Å²) in [4.78, 5) is 10.7. The number of hydrogen-bond acceptors (Lipinski definition) is 0. The van der Waals surface area contributed by atoms with Crippen LogP contribution in [0.5, 0.6) is 0 Å². The van der Waals surface area contributed by atoms with E-state index in [0.717, 1.165) is 11.4 Å². The van der Waals surface area contributed by atoms with Crippen LogP contribution in [0.1, 0.15) is 29.1 Å². The molecule has 0 fully saturated rings. The number of hydrogen-bond donors (Lipinski definition) is 0. The summed E-state index contributed by atoms with van der Waals surface area (Å²) in [6, 6.07) is 30.0. The second-order valence-electron chi connectivity index (χ2n) is 9.89. The number of rotatable bonds is 6. The van der Waals surface area contributed by atoms with Gasteiger partial charge in [-0.2, -0.15) is 32.1 Å².